The van der Waals surface area contributed by atoms with Crippen LogP contribution in [0.15, 0.2) is 57.3 Å². The van der Waals surface area contributed by atoms with Crippen molar-refractivity contribution >= 4 is 50.1 Å². The van der Waals surface area contributed by atoms with E-state index in [1.54, 1.807) is 17.8 Å². The molecule has 1 amide bonds. The van der Waals surface area contributed by atoms with Crippen molar-refractivity contribution in [1.82, 2.24) is 10.2 Å². The Hall–Kier alpha value is -1.70. The minimum Gasteiger partial charge on any atom is -0.296 e. The number of aromatic nitrogens is 2. The molecule has 0 radical (unpaired) electrons. The van der Waals surface area contributed by atoms with Crippen molar-refractivity contribution in [2.24, 2.45) is 0 Å². The van der Waals surface area contributed by atoms with Crippen molar-refractivity contribution in [2.75, 3.05) is 5.32 Å². The summed E-state index contributed by atoms with van der Waals surface area (Å²) in [7, 11) is 0. The molecule has 0 saturated heterocycles. The van der Waals surface area contributed by atoms with Gasteiger partial charge in [-0.05, 0) is 46.1 Å². The minimum absolute atomic E-state index is 0.200. The molecule has 0 aliphatic carbocycles. The van der Waals surface area contributed by atoms with Gasteiger partial charge in [-0.15, -0.1) is 10.2 Å². The summed E-state index contributed by atoms with van der Waals surface area (Å²) >= 11 is 6.37. The van der Waals surface area contributed by atoms with Gasteiger partial charge in [0.15, 0.2) is 4.34 Å². The van der Waals surface area contributed by atoms with Crippen LogP contribution in [-0.2, 0) is 5.75 Å². The standard InChI is InChI=1S/C17H14BrN3OS2/c1-11-6-2-3-7-12(11)10-23-17-21-20-16(24-17)19-15(22)13-8-4-5-9-14(13)18/h2-9H,10H2,1H3,(H,19,20,22). The van der Waals surface area contributed by atoms with Crippen LogP contribution in [0.25, 0.3) is 0 Å². The number of thioether (sulfide) groups is 1. The summed E-state index contributed by atoms with van der Waals surface area (Å²) in [6.45, 7) is 2.10. The van der Waals surface area contributed by atoms with Crippen molar-refractivity contribution in [2.45, 2.75) is 17.0 Å². The third-order valence-electron chi connectivity index (χ3n) is 3.36. The molecule has 0 atom stereocenters. The Morgan fingerprint density at radius 3 is 2.71 bits per heavy atom. The van der Waals surface area contributed by atoms with E-state index in [0.29, 0.717) is 10.7 Å². The molecule has 1 aromatic heterocycles. The van der Waals surface area contributed by atoms with Crippen LogP contribution in [0.1, 0.15) is 21.5 Å². The van der Waals surface area contributed by atoms with Gasteiger partial charge in [-0.25, -0.2) is 0 Å². The minimum atomic E-state index is -0.200. The predicted molar refractivity (Wildman–Crippen MR) is 103 cm³/mol. The van der Waals surface area contributed by atoms with Gasteiger partial charge in [-0.2, -0.15) is 0 Å². The molecule has 1 N–H and O–H groups in total. The number of hydrogen-bond donors (Lipinski definition) is 1. The third kappa shape index (κ3) is 4.23. The summed E-state index contributed by atoms with van der Waals surface area (Å²) in [5, 5.41) is 11.5. The molecule has 0 bridgehead atoms. The molecule has 3 aromatic rings. The Labute approximate surface area is 156 Å². The average Bonchev–Trinajstić information content (AvgIpc) is 3.02. The normalized spacial score (nSPS) is 10.6. The number of carbonyl (C=O) groups excluding carboxylic acids is 1. The smallest absolute Gasteiger partial charge is 0.258 e. The van der Waals surface area contributed by atoms with Crippen LogP contribution >= 0.6 is 39.0 Å². The first-order valence-corrected chi connectivity index (χ1v) is 9.79. The number of anilines is 1. The number of hydrogen-bond acceptors (Lipinski definition) is 5. The van der Waals surface area contributed by atoms with E-state index in [2.05, 4.69) is 50.5 Å². The van der Waals surface area contributed by atoms with Gasteiger partial charge in [0.25, 0.3) is 5.91 Å². The lowest BCUT2D eigenvalue weighted by Crippen LogP contribution is -2.12. The van der Waals surface area contributed by atoms with E-state index in [4.69, 9.17) is 0 Å². The zero-order valence-corrected chi connectivity index (χ0v) is 16.0. The number of nitrogens with zero attached hydrogens (tertiary/aromatic N) is 2. The second-order valence-corrected chi connectivity index (χ2v) is 8.08. The largest absolute Gasteiger partial charge is 0.296 e. The van der Waals surface area contributed by atoms with Gasteiger partial charge in [0.1, 0.15) is 0 Å². The van der Waals surface area contributed by atoms with Gasteiger partial charge in [-0.1, -0.05) is 59.5 Å². The summed E-state index contributed by atoms with van der Waals surface area (Å²) in [5.74, 6) is 0.633. The van der Waals surface area contributed by atoms with E-state index in [0.717, 1.165) is 14.6 Å². The lowest BCUT2D eigenvalue weighted by molar-refractivity contribution is 0.102. The van der Waals surface area contributed by atoms with Crippen molar-refractivity contribution in [3.05, 3.63) is 69.7 Å². The van der Waals surface area contributed by atoms with E-state index >= 15 is 0 Å². The number of aryl methyl sites for hydroxylation is 1. The van der Waals surface area contributed by atoms with E-state index < -0.39 is 0 Å². The van der Waals surface area contributed by atoms with Gasteiger partial charge in [0, 0.05) is 10.2 Å². The fraction of sp³-hybridized carbons (Fsp3) is 0.118. The van der Waals surface area contributed by atoms with Gasteiger partial charge >= 0.3 is 0 Å². The summed E-state index contributed by atoms with van der Waals surface area (Å²) in [4.78, 5) is 12.3. The molecule has 4 nitrogen and oxygen atoms in total. The Balaban J connectivity index is 1.63. The maximum absolute atomic E-state index is 12.3. The lowest BCUT2D eigenvalue weighted by Gasteiger charge is -2.03. The molecule has 0 aliphatic heterocycles. The maximum atomic E-state index is 12.3. The summed E-state index contributed by atoms with van der Waals surface area (Å²) < 4.78 is 1.59. The SMILES string of the molecule is Cc1ccccc1CSc1nnc(NC(=O)c2ccccc2Br)s1. The number of carbonyl (C=O) groups is 1. The summed E-state index contributed by atoms with van der Waals surface area (Å²) in [6, 6.07) is 15.6. The lowest BCUT2D eigenvalue weighted by atomic mass is 10.1. The highest BCUT2D eigenvalue weighted by molar-refractivity contribution is 9.10. The predicted octanol–water partition coefficient (Wildman–Crippen LogP) is 5.15. The van der Waals surface area contributed by atoms with Crippen LogP contribution < -0.4 is 5.32 Å². The maximum Gasteiger partial charge on any atom is 0.258 e. The molecule has 0 aliphatic rings. The molecule has 0 unspecified atom stereocenters. The number of benzene rings is 2. The molecular weight excluding hydrogens is 406 g/mol. The van der Waals surface area contributed by atoms with Crippen molar-refractivity contribution in [3.8, 4) is 0 Å². The monoisotopic (exact) mass is 419 g/mol. The van der Waals surface area contributed by atoms with Crippen LogP contribution in [0.4, 0.5) is 5.13 Å². The number of nitrogens with one attached hydrogen (secondary N) is 1. The van der Waals surface area contributed by atoms with Crippen LogP contribution in [0.3, 0.4) is 0 Å². The fourth-order valence-electron chi connectivity index (χ4n) is 2.04. The van der Waals surface area contributed by atoms with E-state index in [9.17, 15) is 4.79 Å². The van der Waals surface area contributed by atoms with E-state index in [1.807, 2.05) is 30.3 Å². The molecule has 0 saturated carbocycles. The first-order valence-electron chi connectivity index (χ1n) is 7.20. The first kappa shape index (κ1) is 17.1. The second kappa shape index (κ2) is 7.92. The highest BCUT2D eigenvalue weighted by atomic mass is 79.9. The summed E-state index contributed by atoms with van der Waals surface area (Å²) in [6.07, 6.45) is 0. The van der Waals surface area contributed by atoms with Gasteiger partial charge in [-0.3, -0.25) is 10.1 Å². The Morgan fingerprint density at radius 2 is 1.92 bits per heavy atom. The van der Waals surface area contributed by atoms with Gasteiger partial charge in [0.05, 0.1) is 5.56 Å². The molecule has 3 rings (SSSR count). The molecule has 24 heavy (non-hydrogen) atoms. The summed E-state index contributed by atoms with van der Waals surface area (Å²) in [5.41, 5.74) is 3.11. The Bertz CT molecular complexity index is 866. The Morgan fingerprint density at radius 1 is 1.17 bits per heavy atom. The van der Waals surface area contributed by atoms with Crippen molar-refractivity contribution in [1.29, 1.82) is 0 Å². The second-order valence-electron chi connectivity index (χ2n) is 5.02. The molecule has 0 spiro atoms. The first-order chi connectivity index (χ1) is 11.6. The average molecular weight is 420 g/mol. The van der Waals surface area contributed by atoms with Crippen LogP contribution in [0.5, 0.6) is 0 Å². The number of amides is 1. The number of rotatable bonds is 5. The third-order valence-corrected chi connectivity index (χ3v) is 6.07. The molecular formula is C17H14BrN3OS2. The van der Waals surface area contributed by atoms with E-state index in [1.165, 1.54) is 22.5 Å². The van der Waals surface area contributed by atoms with E-state index in [-0.39, 0.29) is 5.91 Å². The number of halogens is 1. The molecule has 2 aromatic carbocycles. The fourth-order valence-corrected chi connectivity index (χ4v) is 4.33. The van der Waals surface area contributed by atoms with Crippen LogP contribution in [0.2, 0.25) is 0 Å². The van der Waals surface area contributed by atoms with Gasteiger partial charge < -0.3 is 0 Å². The quantitative estimate of drug-likeness (QED) is 0.458. The highest BCUT2D eigenvalue weighted by Gasteiger charge is 2.13. The Kier molecular flexibility index (Phi) is 5.65. The van der Waals surface area contributed by atoms with Crippen molar-refractivity contribution in [3.63, 3.8) is 0 Å². The van der Waals surface area contributed by atoms with Crippen LogP contribution in [0, 0.1) is 6.92 Å². The molecule has 122 valence electrons. The zero-order valence-electron chi connectivity index (χ0n) is 12.8. The highest BCUT2D eigenvalue weighted by Crippen LogP contribution is 2.29. The molecule has 7 heteroatoms. The molecule has 1 heterocycles. The van der Waals surface area contributed by atoms with Crippen LogP contribution in [-0.4, -0.2) is 16.1 Å². The molecule has 0 fully saturated rings. The zero-order chi connectivity index (χ0) is 16.9. The van der Waals surface area contributed by atoms with Crippen molar-refractivity contribution < 1.29 is 4.79 Å². The topological polar surface area (TPSA) is 54.9 Å². The van der Waals surface area contributed by atoms with Gasteiger partial charge in [0.2, 0.25) is 5.13 Å².